The van der Waals surface area contributed by atoms with Crippen molar-refractivity contribution in [1.29, 1.82) is 0 Å². The van der Waals surface area contributed by atoms with Crippen LogP contribution in [-0.2, 0) is 10.2 Å². The first-order valence-electron chi connectivity index (χ1n) is 5.76. The maximum Gasteiger partial charge on any atom is 0.244 e. The number of fused-ring (bicyclic) bond motifs is 1. The predicted molar refractivity (Wildman–Crippen MR) is 64.1 cm³/mol. The Morgan fingerprint density at radius 2 is 2.12 bits per heavy atom. The van der Waals surface area contributed by atoms with Gasteiger partial charge in [0.25, 0.3) is 0 Å². The summed E-state index contributed by atoms with van der Waals surface area (Å²) in [5, 5.41) is 1.01. The molecule has 4 heteroatoms. The van der Waals surface area contributed by atoms with Crippen LogP contribution >= 0.6 is 0 Å². The van der Waals surface area contributed by atoms with Crippen molar-refractivity contribution in [1.82, 2.24) is 5.43 Å². The number of rotatable bonds is 2. The van der Waals surface area contributed by atoms with Gasteiger partial charge in [-0.2, -0.15) is 0 Å². The van der Waals surface area contributed by atoms with Gasteiger partial charge in [-0.05, 0) is 18.9 Å². The van der Waals surface area contributed by atoms with Gasteiger partial charge in [-0.3, -0.25) is 10.2 Å². The van der Waals surface area contributed by atoms with E-state index in [-0.39, 0.29) is 5.91 Å². The van der Waals surface area contributed by atoms with Gasteiger partial charge in [-0.25, -0.2) is 5.84 Å². The molecule has 1 fully saturated rings. The number of furan rings is 1. The average Bonchev–Trinajstić information content (AvgIpc) is 2.72. The minimum absolute atomic E-state index is 0.115. The van der Waals surface area contributed by atoms with Gasteiger partial charge in [0.2, 0.25) is 5.91 Å². The average molecular weight is 230 g/mol. The van der Waals surface area contributed by atoms with Crippen LogP contribution < -0.4 is 11.3 Å². The lowest BCUT2D eigenvalue weighted by Crippen LogP contribution is -2.51. The van der Waals surface area contributed by atoms with Crippen LogP contribution in [0.4, 0.5) is 0 Å². The van der Waals surface area contributed by atoms with Gasteiger partial charge < -0.3 is 4.42 Å². The van der Waals surface area contributed by atoms with Gasteiger partial charge in [-0.15, -0.1) is 0 Å². The summed E-state index contributed by atoms with van der Waals surface area (Å²) in [4.78, 5) is 12.0. The molecule has 0 bridgehead atoms. The lowest BCUT2D eigenvalue weighted by atomic mass is 9.64. The zero-order valence-electron chi connectivity index (χ0n) is 9.40. The molecule has 1 amide bonds. The topological polar surface area (TPSA) is 68.3 Å². The monoisotopic (exact) mass is 230 g/mol. The Morgan fingerprint density at radius 1 is 1.35 bits per heavy atom. The maximum atomic E-state index is 12.0. The van der Waals surface area contributed by atoms with Crippen molar-refractivity contribution >= 4 is 16.9 Å². The van der Waals surface area contributed by atoms with Crippen molar-refractivity contribution in [3.63, 3.8) is 0 Å². The van der Waals surface area contributed by atoms with Crippen LogP contribution in [0.2, 0.25) is 0 Å². The number of nitrogens with one attached hydrogen (secondary N) is 1. The molecule has 0 spiro atoms. The molecule has 0 aliphatic heterocycles. The Kier molecular flexibility index (Phi) is 2.19. The molecule has 1 heterocycles. The van der Waals surface area contributed by atoms with E-state index in [1.54, 1.807) is 6.26 Å². The molecule has 4 nitrogen and oxygen atoms in total. The van der Waals surface area contributed by atoms with Gasteiger partial charge in [0.15, 0.2) is 0 Å². The minimum atomic E-state index is -0.485. The van der Waals surface area contributed by atoms with E-state index in [2.05, 4.69) is 5.43 Å². The smallest absolute Gasteiger partial charge is 0.244 e. The minimum Gasteiger partial charge on any atom is -0.464 e. The van der Waals surface area contributed by atoms with E-state index in [1.165, 1.54) is 0 Å². The SMILES string of the molecule is NNC(=O)C1(c2coc3ccccc23)CCC1. The van der Waals surface area contributed by atoms with E-state index in [4.69, 9.17) is 10.3 Å². The maximum absolute atomic E-state index is 12.0. The van der Waals surface area contributed by atoms with Gasteiger partial charge in [-0.1, -0.05) is 24.6 Å². The Labute approximate surface area is 98.7 Å². The number of benzene rings is 1. The molecule has 3 N–H and O–H groups in total. The fraction of sp³-hybridized carbons (Fsp3) is 0.308. The van der Waals surface area contributed by atoms with Crippen molar-refractivity contribution in [2.24, 2.45) is 5.84 Å². The molecule has 2 aromatic rings. The Bertz CT molecular complexity index is 570. The van der Waals surface area contributed by atoms with E-state index in [1.807, 2.05) is 24.3 Å². The second-order valence-corrected chi connectivity index (χ2v) is 4.55. The summed E-state index contributed by atoms with van der Waals surface area (Å²) in [5.74, 6) is 5.17. The molecule has 1 aliphatic rings. The van der Waals surface area contributed by atoms with E-state index in [9.17, 15) is 4.79 Å². The first kappa shape index (κ1) is 10.4. The second kappa shape index (κ2) is 3.60. The highest BCUT2D eigenvalue weighted by atomic mass is 16.3. The molecular weight excluding hydrogens is 216 g/mol. The summed E-state index contributed by atoms with van der Waals surface area (Å²) >= 11 is 0. The highest BCUT2D eigenvalue weighted by Crippen LogP contribution is 2.46. The van der Waals surface area contributed by atoms with Crippen LogP contribution in [0.3, 0.4) is 0 Å². The molecule has 0 saturated heterocycles. The third-order valence-corrected chi connectivity index (χ3v) is 3.77. The highest BCUT2D eigenvalue weighted by molar-refractivity contribution is 5.95. The van der Waals surface area contributed by atoms with E-state index in [0.717, 1.165) is 35.8 Å². The van der Waals surface area contributed by atoms with Gasteiger partial charge >= 0.3 is 0 Å². The summed E-state index contributed by atoms with van der Waals surface area (Å²) in [5.41, 5.74) is 3.57. The molecule has 1 aliphatic carbocycles. The Morgan fingerprint density at radius 3 is 2.76 bits per heavy atom. The van der Waals surface area contributed by atoms with Crippen LogP contribution in [0.15, 0.2) is 34.9 Å². The zero-order chi connectivity index (χ0) is 11.9. The van der Waals surface area contributed by atoms with Crippen LogP contribution in [-0.4, -0.2) is 5.91 Å². The number of hydrogen-bond acceptors (Lipinski definition) is 3. The third-order valence-electron chi connectivity index (χ3n) is 3.77. The number of hydrogen-bond donors (Lipinski definition) is 2. The second-order valence-electron chi connectivity index (χ2n) is 4.55. The first-order chi connectivity index (χ1) is 8.28. The van der Waals surface area contributed by atoms with E-state index >= 15 is 0 Å². The molecule has 0 atom stereocenters. The molecular formula is C13H14N2O2. The van der Waals surface area contributed by atoms with Gasteiger partial charge in [0.1, 0.15) is 5.58 Å². The summed E-state index contributed by atoms with van der Waals surface area (Å²) in [6, 6.07) is 7.77. The van der Waals surface area contributed by atoms with Crippen molar-refractivity contribution in [2.45, 2.75) is 24.7 Å². The van der Waals surface area contributed by atoms with Gasteiger partial charge in [0.05, 0.1) is 11.7 Å². The summed E-state index contributed by atoms with van der Waals surface area (Å²) in [6.45, 7) is 0. The number of carbonyl (C=O) groups is 1. The van der Waals surface area contributed by atoms with Crippen molar-refractivity contribution < 1.29 is 9.21 Å². The molecule has 3 rings (SSSR count). The van der Waals surface area contributed by atoms with Crippen molar-refractivity contribution in [3.8, 4) is 0 Å². The third kappa shape index (κ3) is 1.31. The Balaban J connectivity index is 2.17. The standard InChI is InChI=1S/C13H14N2O2/c14-15-12(16)13(6-3-7-13)10-8-17-11-5-2-1-4-9(10)11/h1-2,4-5,8H,3,6-7,14H2,(H,15,16). The summed E-state index contributed by atoms with van der Waals surface area (Å²) < 4.78 is 5.50. The predicted octanol–water partition coefficient (Wildman–Crippen LogP) is 1.84. The van der Waals surface area contributed by atoms with E-state index < -0.39 is 5.41 Å². The number of nitrogens with two attached hydrogens (primary N) is 1. The Hall–Kier alpha value is -1.81. The number of carbonyl (C=O) groups excluding carboxylic acids is 1. The molecule has 17 heavy (non-hydrogen) atoms. The quantitative estimate of drug-likeness (QED) is 0.470. The first-order valence-corrected chi connectivity index (χ1v) is 5.76. The van der Waals surface area contributed by atoms with Crippen LogP contribution in [0.25, 0.3) is 11.0 Å². The van der Waals surface area contributed by atoms with Crippen LogP contribution in [0, 0.1) is 0 Å². The van der Waals surface area contributed by atoms with Crippen LogP contribution in [0.5, 0.6) is 0 Å². The fourth-order valence-electron chi connectivity index (χ4n) is 2.64. The van der Waals surface area contributed by atoms with Crippen LogP contribution in [0.1, 0.15) is 24.8 Å². The summed E-state index contributed by atoms with van der Waals surface area (Å²) in [7, 11) is 0. The lowest BCUT2D eigenvalue weighted by Gasteiger charge is -2.39. The molecule has 1 aromatic carbocycles. The normalized spacial score (nSPS) is 17.7. The fourth-order valence-corrected chi connectivity index (χ4v) is 2.64. The number of para-hydroxylation sites is 1. The molecule has 1 aromatic heterocycles. The number of hydrazine groups is 1. The van der Waals surface area contributed by atoms with Crippen molar-refractivity contribution in [3.05, 3.63) is 36.1 Å². The number of amides is 1. The highest BCUT2D eigenvalue weighted by Gasteiger charge is 2.47. The molecule has 0 radical (unpaired) electrons. The van der Waals surface area contributed by atoms with Crippen molar-refractivity contribution in [2.75, 3.05) is 0 Å². The largest absolute Gasteiger partial charge is 0.464 e. The molecule has 1 saturated carbocycles. The summed E-state index contributed by atoms with van der Waals surface area (Å²) in [6.07, 6.45) is 4.41. The lowest BCUT2D eigenvalue weighted by molar-refractivity contribution is -0.129. The van der Waals surface area contributed by atoms with Gasteiger partial charge in [0, 0.05) is 10.9 Å². The zero-order valence-corrected chi connectivity index (χ0v) is 9.40. The molecule has 0 unspecified atom stereocenters. The molecule has 88 valence electrons. The van der Waals surface area contributed by atoms with E-state index in [0.29, 0.717) is 0 Å².